The van der Waals surface area contributed by atoms with Crippen LogP contribution in [0.15, 0.2) is 54.7 Å². The third-order valence-corrected chi connectivity index (χ3v) is 4.41. The summed E-state index contributed by atoms with van der Waals surface area (Å²) in [6.45, 7) is 2.30. The molecule has 1 heterocycles. The number of hydrogen-bond acceptors (Lipinski definition) is 4. The molecule has 6 nitrogen and oxygen atoms in total. The Morgan fingerprint density at radius 3 is 2.62 bits per heavy atom. The van der Waals surface area contributed by atoms with Gasteiger partial charge in [-0.3, -0.25) is 9.59 Å². The molecule has 0 spiro atoms. The van der Waals surface area contributed by atoms with E-state index < -0.39 is 0 Å². The zero-order chi connectivity index (χ0) is 20.8. The molecule has 150 valence electrons. The first kappa shape index (κ1) is 20.3. The number of aryl methyl sites for hydroxylation is 1. The highest BCUT2D eigenvalue weighted by Gasteiger charge is 2.18. The Morgan fingerprint density at radius 2 is 1.93 bits per heavy atom. The van der Waals surface area contributed by atoms with Gasteiger partial charge in [-0.05, 0) is 43.7 Å². The zero-order valence-electron chi connectivity index (χ0n) is 16.3. The fourth-order valence-corrected chi connectivity index (χ4v) is 2.90. The third-order valence-electron chi connectivity index (χ3n) is 4.41. The third kappa shape index (κ3) is 5.07. The summed E-state index contributed by atoms with van der Waals surface area (Å²) in [5.41, 5.74) is 3.43. The van der Waals surface area contributed by atoms with Crippen molar-refractivity contribution in [3.8, 4) is 16.9 Å². The molecule has 1 aromatic heterocycles. The van der Waals surface area contributed by atoms with E-state index in [-0.39, 0.29) is 24.1 Å². The van der Waals surface area contributed by atoms with E-state index >= 15 is 0 Å². The van der Waals surface area contributed by atoms with Crippen LogP contribution in [0.25, 0.3) is 16.9 Å². The van der Waals surface area contributed by atoms with E-state index in [1.54, 1.807) is 23.0 Å². The molecule has 1 amide bonds. The summed E-state index contributed by atoms with van der Waals surface area (Å²) in [4.78, 5) is 24.0. The van der Waals surface area contributed by atoms with Gasteiger partial charge in [0, 0.05) is 24.7 Å². The van der Waals surface area contributed by atoms with E-state index in [9.17, 15) is 14.0 Å². The van der Waals surface area contributed by atoms with Gasteiger partial charge in [0.05, 0.1) is 18.4 Å². The molecule has 0 fully saturated rings. The lowest BCUT2D eigenvalue weighted by atomic mass is 10.1. The van der Waals surface area contributed by atoms with Crippen LogP contribution in [0.1, 0.15) is 28.8 Å². The topological polar surface area (TPSA) is 73.2 Å². The van der Waals surface area contributed by atoms with Crippen molar-refractivity contribution >= 4 is 11.9 Å². The van der Waals surface area contributed by atoms with Crippen LogP contribution in [0.5, 0.6) is 0 Å². The van der Waals surface area contributed by atoms with Gasteiger partial charge in [0.15, 0.2) is 0 Å². The molecule has 2 aromatic carbocycles. The van der Waals surface area contributed by atoms with Crippen molar-refractivity contribution in [2.45, 2.75) is 19.8 Å². The Labute approximate surface area is 168 Å². The number of ether oxygens (including phenoxy) is 1. The number of amides is 1. The van der Waals surface area contributed by atoms with Gasteiger partial charge in [-0.15, -0.1) is 0 Å². The van der Waals surface area contributed by atoms with Crippen LogP contribution in [0.2, 0.25) is 0 Å². The van der Waals surface area contributed by atoms with Crippen molar-refractivity contribution in [1.82, 2.24) is 15.1 Å². The number of methoxy groups -OCH3 is 1. The van der Waals surface area contributed by atoms with Crippen molar-refractivity contribution in [3.63, 3.8) is 0 Å². The van der Waals surface area contributed by atoms with Crippen LogP contribution in [-0.2, 0) is 9.53 Å². The molecule has 3 rings (SSSR count). The largest absolute Gasteiger partial charge is 0.469 e. The van der Waals surface area contributed by atoms with Gasteiger partial charge in [0.2, 0.25) is 0 Å². The standard InChI is InChI=1S/C22H22FN3O3/c1-15-5-3-6-16(13-15)21-19(22(28)24-12-4-7-20(27)29-2)14-26(25-21)18-10-8-17(23)9-11-18/h3,5-6,8-11,13-14H,4,7,12H2,1-2H3,(H,24,28). The van der Waals surface area contributed by atoms with Crippen molar-refractivity contribution < 1.29 is 18.7 Å². The van der Waals surface area contributed by atoms with Crippen molar-refractivity contribution in [1.29, 1.82) is 0 Å². The number of rotatable bonds is 7. The molecule has 29 heavy (non-hydrogen) atoms. The minimum atomic E-state index is -0.344. The Bertz CT molecular complexity index is 1010. The smallest absolute Gasteiger partial charge is 0.305 e. The van der Waals surface area contributed by atoms with E-state index in [4.69, 9.17) is 0 Å². The molecule has 0 radical (unpaired) electrons. The lowest BCUT2D eigenvalue weighted by molar-refractivity contribution is -0.140. The Kier molecular flexibility index (Phi) is 6.39. The zero-order valence-corrected chi connectivity index (χ0v) is 16.3. The molecular weight excluding hydrogens is 373 g/mol. The minimum Gasteiger partial charge on any atom is -0.469 e. The first-order valence-corrected chi connectivity index (χ1v) is 9.25. The van der Waals surface area contributed by atoms with Crippen molar-refractivity contribution in [2.24, 2.45) is 0 Å². The second kappa shape index (κ2) is 9.14. The number of carbonyl (C=O) groups is 2. The first-order chi connectivity index (χ1) is 14.0. The van der Waals surface area contributed by atoms with Crippen molar-refractivity contribution in [2.75, 3.05) is 13.7 Å². The second-order valence-corrected chi connectivity index (χ2v) is 6.62. The van der Waals surface area contributed by atoms with E-state index in [1.807, 2.05) is 31.2 Å². The molecule has 0 saturated carbocycles. The highest BCUT2D eigenvalue weighted by Crippen LogP contribution is 2.24. The SMILES string of the molecule is COC(=O)CCCNC(=O)c1cn(-c2ccc(F)cc2)nc1-c1cccc(C)c1. The molecule has 3 aromatic rings. The number of carbonyl (C=O) groups excluding carboxylic acids is 2. The monoisotopic (exact) mass is 395 g/mol. The predicted octanol–water partition coefficient (Wildman–Crippen LogP) is 3.67. The van der Waals surface area contributed by atoms with E-state index in [2.05, 4.69) is 15.2 Å². The average Bonchev–Trinajstić information content (AvgIpc) is 3.17. The molecule has 0 atom stereocenters. The minimum absolute atomic E-state index is 0.232. The summed E-state index contributed by atoms with van der Waals surface area (Å²) in [6, 6.07) is 13.6. The molecule has 0 aliphatic heterocycles. The molecule has 0 aliphatic carbocycles. The van der Waals surface area contributed by atoms with Crippen LogP contribution < -0.4 is 5.32 Å². The van der Waals surface area contributed by atoms with E-state index in [0.29, 0.717) is 29.9 Å². The number of nitrogens with one attached hydrogen (secondary N) is 1. The lowest BCUT2D eigenvalue weighted by Gasteiger charge is -2.05. The van der Waals surface area contributed by atoms with Gasteiger partial charge in [-0.1, -0.05) is 23.8 Å². The molecule has 0 saturated heterocycles. The maximum atomic E-state index is 13.3. The van der Waals surface area contributed by atoms with Crippen LogP contribution >= 0.6 is 0 Å². The van der Waals surface area contributed by atoms with E-state index in [1.165, 1.54) is 19.2 Å². The maximum absolute atomic E-state index is 13.3. The lowest BCUT2D eigenvalue weighted by Crippen LogP contribution is -2.25. The van der Waals surface area contributed by atoms with Crippen LogP contribution in [0.4, 0.5) is 4.39 Å². The Morgan fingerprint density at radius 1 is 1.17 bits per heavy atom. The molecule has 0 aliphatic rings. The van der Waals surface area contributed by atoms with Crippen LogP contribution in [0.3, 0.4) is 0 Å². The second-order valence-electron chi connectivity index (χ2n) is 6.62. The fraction of sp³-hybridized carbons (Fsp3) is 0.227. The number of nitrogens with zero attached hydrogens (tertiary/aromatic N) is 2. The summed E-state index contributed by atoms with van der Waals surface area (Å²) < 4.78 is 19.4. The van der Waals surface area contributed by atoms with Crippen LogP contribution in [-0.4, -0.2) is 35.3 Å². The highest BCUT2D eigenvalue weighted by atomic mass is 19.1. The van der Waals surface area contributed by atoms with Gasteiger partial charge < -0.3 is 10.1 Å². The van der Waals surface area contributed by atoms with Gasteiger partial charge in [-0.25, -0.2) is 9.07 Å². The van der Waals surface area contributed by atoms with Crippen LogP contribution in [0, 0.1) is 12.7 Å². The maximum Gasteiger partial charge on any atom is 0.305 e. The normalized spacial score (nSPS) is 10.6. The van der Waals surface area contributed by atoms with Gasteiger partial charge in [0.25, 0.3) is 5.91 Å². The average molecular weight is 395 g/mol. The molecule has 1 N–H and O–H groups in total. The number of benzene rings is 2. The summed E-state index contributed by atoms with van der Waals surface area (Å²) in [5, 5.41) is 7.39. The Balaban J connectivity index is 1.88. The molecular formula is C22H22FN3O3. The quantitative estimate of drug-likeness (QED) is 0.489. The molecule has 0 unspecified atom stereocenters. The Hall–Kier alpha value is -3.48. The summed E-state index contributed by atoms with van der Waals surface area (Å²) >= 11 is 0. The number of halogens is 1. The summed E-state index contributed by atoms with van der Waals surface area (Å²) in [5.74, 6) is -0.952. The van der Waals surface area contributed by atoms with Gasteiger partial charge >= 0.3 is 5.97 Å². The number of hydrogen-bond donors (Lipinski definition) is 1. The fourth-order valence-electron chi connectivity index (χ4n) is 2.90. The van der Waals surface area contributed by atoms with Gasteiger partial charge in [0.1, 0.15) is 11.5 Å². The predicted molar refractivity (Wildman–Crippen MR) is 107 cm³/mol. The van der Waals surface area contributed by atoms with E-state index in [0.717, 1.165) is 11.1 Å². The van der Waals surface area contributed by atoms with Gasteiger partial charge in [-0.2, -0.15) is 5.10 Å². The number of aromatic nitrogens is 2. The van der Waals surface area contributed by atoms with Crippen molar-refractivity contribution in [3.05, 3.63) is 71.7 Å². The molecule has 7 heteroatoms. The summed E-state index contributed by atoms with van der Waals surface area (Å²) in [7, 11) is 1.33. The molecule has 0 bridgehead atoms. The highest BCUT2D eigenvalue weighted by molar-refractivity contribution is 6.00. The summed E-state index contributed by atoms with van der Waals surface area (Å²) in [6.07, 6.45) is 2.33. The number of esters is 1. The first-order valence-electron chi connectivity index (χ1n) is 9.25.